The van der Waals surface area contributed by atoms with Crippen molar-refractivity contribution in [2.45, 2.75) is 45.1 Å². The molecule has 1 saturated heterocycles. The van der Waals surface area contributed by atoms with Gasteiger partial charge in [-0.1, -0.05) is 0 Å². The van der Waals surface area contributed by atoms with Crippen LogP contribution in [0.15, 0.2) is 33.7 Å². The van der Waals surface area contributed by atoms with Crippen LogP contribution in [0, 0.1) is 0 Å². The molecule has 0 bridgehead atoms. The van der Waals surface area contributed by atoms with Gasteiger partial charge in [0.05, 0.1) is 0 Å². The van der Waals surface area contributed by atoms with Gasteiger partial charge >= 0.3 is 257 Å². The van der Waals surface area contributed by atoms with E-state index in [0.717, 1.165) is 48.0 Å². The first-order valence-corrected chi connectivity index (χ1v) is 17.5. The van der Waals surface area contributed by atoms with E-state index in [4.69, 9.17) is 12.2 Å². The Bertz CT molecular complexity index is 1760. The molecule has 0 spiro atoms. The van der Waals surface area contributed by atoms with Gasteiger partial charge in [-0.15, -0.1) is 0 Å². The van der Waals surface area contributed by atoms with Crippen molar-refractivity contribution >= 4 is 97.2 Å². The van der Waals surface area contributed by atoms with E-state index in [-0.39, 0.29) is 42.1 Å². The van der Waals surface area contributed by atoms with Crippen LogP contribution < -0.4 is 24.1 Å². The minimum atomic E-state index is -4.15. The minimum absolute atomic E-state index is 0.145. The number of amides is 1. The van der Waals surface area contributed by atoms with Crippen molar-refractivity contribution in [1.82, 2.24) is 9.47 Å². The van der Waals surface area contributed by atoms with Crippen LogP contribution in [0.5, 0.6) is 0 Å². The molecule has 1 atom stereocenters. The van der Waals surface area contributed by atoms with E-state index in [0.29, 0.717) is 22.9 Å². The fourth-order valence-electron chi connectivity index (χ4n) is 4.20. The zero-order valence-corrected chi connectivity index (χ0v) is 27.2. The Labute approximate surface area is 255 Å². The molecular formula is C25H27N3O8S4Se. The molecule has 1 aromatic heterocycles. The third-order valence-corrected chi connectivity index (χ3v) is 13.1. The predicted octanol–water partition coefficient (Wildman–Crippen LogP) is 0.00320. The first-order chi connectivity index (χ1) is 19.2. The molecule has 2 aromatic rings. The fourth-order valence-corrected chi connectivity index (χ4v) is 9.56. The van der Waals surface area contributed by atoms with Crippen LogP contribution >= 0.6 is 35.3 Å². The molecule has 0 aliphatic carbocycles. The topological polar surface area (TPSA) is 157 Å². The number of carboxylic acids is 1. The molecule has 16 heteroatoms. The molecule has 2 aliphatic rings. The van der Waals surface area contributed by atoms with Crippen molar-refractivity contribution in [3.63, 3.8) is 0 Å². The van der Waals surface area contributed by atoms with Crippen LogP contribution in [0.3, 0.4) is 0 Å². The number of allylic oxidation sites excluding steroid dienone is 1. The number of rotatable bonds is 9. The molecule has 4 rings (SSSR count). The number of thioether (sulfide) groups is 1. The van der Waals surface area contributed by atoms with Gasteiger partial charge in [0.15, 0.2) is 0 Å². The van der Waals surface area contributed by atoms with Crippen LogP contribution in [-0.4, -0.2) is 82.6 Å². The molecule has 220 valence electrons. The van der Waals surface area contributed by atoms with Crippen LogP contribution in [-0.2, 0) is 32.9 Å². The monoisotopic (exact) mass is 705 g/mol. The number of carbonyl (C=O) groups excluding carboxylic acids is 1. The van der Waals surface area contributed by atoms with E-state index in [1.165, 1.54) is 18.9 Å². The first kappa shape index (κ1) is 31.6. The predicted molar refractivity (Wildman–Crippen MR) is 164 cm³/mol. The molecule has 1 unspecified atom stereocenters. The molecule has 1 aromatic carbocycles. The van der Waals surface area contributed by atoms with Crippen LogP contribution in [0.2, 0.25) is 0 Å². The third kappa shape index (κ3) is 6.70. The number of aliphatic hydroxyl groups excluding tert-OH is 1. The second-order valence-corrected chi connectivity index (χ2v) is 16.1. The Morgan fingerprint density at radius 1 is 1.27 bits per heavy atom. The number of fused-ring (bicyclic) bond motifs is 1. The summed E-state index contributed by atoms with van der Waals surface area (Å²) in [4.78, 5) is 41.4. The molecule has 0 radical (unpaired) electrons. The summed E-state index contributed by atoms with van der Waals surface area (Å²) in [6.07, 6.45) is 2.55. The summed E-state index contributed by atoms with van der Waals surface area (Å²) in [6.45, 7) is 2.88. The van der Waals surface area contributed by atoms with Crippen molar-refractivity contribution in [3.05, 3.63) is 54.0 Å². The van der Waals surface area contributed by atoms with Crippen LogP contribution in [0.1, 0.15) is 32.3 Å². The zero-order chi connectivity index (χ0) is 30.2. The second kappa shape index (κ2) is 12.5. The summed E-state index contributed by atoms with van der Waals surface area (Å²) in [6, 6.07) is 5.65. The van der Waals surface area contributed by atoms with Crippen LogP contribution in [0.4, 0.5) is 5.69 Å². The molecule has 11 nitrogen and oxygen atoms in total. The van der Waals surface area contributed by atoms with Gasteiger partial charge in [0.2, 0.25) is 0 Å². The summed E-state index contributed by atoms with van der Waals surface area (Å²) < 4.78 is 36.2. The summed E-state index contributed by atoms with van der Waals surface area (Å²) in [5.74, 6) is -1.62. The van der Waals surface area contributed by atoms with Crippen molar-refractivity contribution in [2.75, 3.05) is 18.5 Å². The number of benzene rings is 1. The molecule has 0 saturated carbocycles. The number of carboxylic acid groups (broad SMARTS) is 1. The number of thiocarbonyl (C=S) groups is 1. The average Bonchev–Trinajstić information content (AvgIpc) is 3.49. The van der Waals surface area contributed by atoms with E-state index in [2.05, 4.69) is 0 Å². The second-order valence-electron chi connectivity index (χ2n) is 9.43. The van der Waals surface area contributed by atoms with E-state index < -0.39 is 39.3 Å². The Hall–Kier alpha value is -2.30. The summed E-state index contributed by atoms with van der Waals surface area (Å²) in [5.41, 5.74) is 1.66. The number of hydrogen-bond acceptors (Lipinski definition) is 10. The maximum absolute atomic E-state index is 13.5. The average molecular weight is 705 g/mol. The number of anilines is 1. The van der Waals surface area contributed by atoms with Gasteiger partial charge in [-0.25, -0.2) is 0 Å². The van der Waals surface area contributed by atoms with Crippen LogP contribution in [0.25, 0.3) is 10.5 Å². The van der Waals surface area contributed by atoms with Gasteiger partial charge in [-0.3, -0.25) is 0 Å². The molecule has 41 heavy (non-hydrogen) atoms. The van der Waals surface area contributed by atoms with Crippen molar-refractivity contribution in [1.29, 1.82) is 0 Å². The number of hydrogen-bond donors (Lipinski definition) is 3. The number of aliphatic carboxylic acids is 1. The molecule has 2 aliphatic heterocycles. The molecule has 1 fully saturated rings. The third-order valence-electron chi connectivity index (χ3n) is 6.51. The van der Waals surface area contributed by atoms with E-state index >= 15 is 0 Å². The standard InChI is InChI=1S/C25H27N3O8S4Se/c1-13(20-23(33)28(11-19(30)31)24(38-20)21-22(32)26(3)25(37)39-21)9-18-27(8-4-5-14(2)40(34,35)36)16-10-15(12-29)6-7-17(16)41-18/h6-7,9-10,14,29H,4-5,8,11-12H2,1-3H3,(H,30,31)(H,34,35,36)/b18-9?,20-13?,24-21+. The van der Waals surface area contributed by atoms with Gasteiger partial charge in [-0.05, 0) is 0 Å². The van der Waals surface area contributed by atoms with E-state index in [1.54, 1.807) is 6.92 Å². The first-order valence-electron chi connectivity index (χ1n) is 12.3. The summed E-state index contributed by atoms with van der Waals surface area (Å²) in [5, 5.41) is 18.2. The van der Waals surface area contributed by atoms with Gasteiger partial charge in [0.25, 0.3) is 0 Å². The Morgan fingerprint density at radius 3 is 2.56 bits per heavy atom. The zero-order valence-electron chi connectivity index (χ0n) is 22.2. The number of nitrogens with zero attached hydrogens (tertiary/aromatic N) is 3. The van der Waals surface area contributed by atoms with E-state index in [1.807, 2.05) is 29.2 Å². The van der Waals surface area contributed by atoms with Gasteiger partial charge in [0, 0.05) is 0 Å². The molecule has 1 amide bonds. The number of carbonyl (C=O) groups is 2. The normalized spacial score (nSPS) is 19.3. The Morgan fingerprint density at radius 2 is 1.98 bits per heavy atom. The number of thiazole rings is 1. The van der Waals surface area contributed by atoms with Gasteiger partial charge < -0.3 is 0 Å². The SMILES string of the molecule is CC(C=C1[Se]c2ccc(CO)cc2N1CCCC(C)S(=O)(=O)O)=c1s/c(=C2/SC(=S)N(C)C2=O)n(CC(=O)O)c1=O. The molecular weight excluding hydrogens is 678 g/mol. The summed E-state index contributed by atoms with van der Waals surface area (Å²) in [7, 11) is -2.63. The van der Waals surface area contributed by atoms with Crippen molar-refractivity contribution in [3.8, 4) is 0 Å². The van der Waals surface area contributed by atoms with Crippen molar-refractivity contribution in [2.24, 2.45) is 0 Å². The number of aliphatic hydroxyl groups is 1. The molecule has 3 heterocycles. The maximum atomic E-state index is 13.5. The van der Waals surface area contributed by atoms with Gasteiger partial charge in [-0.2, -0.15) is 0 Å². The quantitative estimate of drug-likeness (QED) is 0.184. The van der Waals surface area contributed by atoms with Gasteiger partial charge in [0.1, 0.15) is 0 Å². The summed E-state index contributed by atoms with van der Waals surface area (Å²) >= 11 is 7.10. The van der Waals surface area contributed by atoms with Crippen molar-refractivity contribution < 1.29 is 32.8 Å². The fraction of sp³-hybridized carbons (Fsp3) is 0.360. The van der Waals surface area contributed by atoms with E-state index in [9.17, 15) is 37.6 Å². The Kier molecular flexibility index (Phi) is 9.65. The number of aromatic nitrogens is 1. The molecule has 3 N–H and O–H groups in total. The Balaban J connectivity index is 1.82.